The zero-order valence-corrected chi connectivity index (χ0v) is 14.9. The van der Waals surface area contributed by atoms with E-state index in [0.717, 1.165) is 15.8 Å². The highest BCUT2D eigenvalue weighted by atomic mass is 32.1. The Morgan fingerprint density at radius 3 is 2.84 bits per heavy atom. The highest BCUT2D eigenvalue weighted by molar-refractivity contribution is 7.15. The molecule has 8 heteroatoms. The maximum atomic E-state index is 12.4. The Hall–Kier alpha value is -2.87. The van der Waals surface area contributed by atoms with E-state index >= 15 is 0 Å². The van der Waals surface area contributed by atoms with Crippen molar-refractivity contribution in [3.8, 4) is 5.75 Å². The minimum absolute atomic E-state index is 0.323. The summed E-state index contributed by atoms with van der Waals surface area (Å²) in [5.74, 6) is -0.00894. The van der Waals surface area contributed by atoms with Crippen molar-refractivity contribution in [3.05, 3.63) is 41.0 Å². The molecule has 0 saturated heterocycles. The molecule has 0 bridgehead atoms. The van der Waals surface area contributed by atoms with Crippen LogP contribution in [0, 0.1) is 6.92 Å². The summed E-state index contributed by atoms with van der Waals surface area (Å²) in [6.07, 6.45) is 1.68. The van der Waals surface area contributed by atoms with E-state index in [9.17, 15) is 9.59 Å². The number of anilines is 1. The van der Waals surface area contributed by atoms with Gasteiger partial charge in [-0.05, 0) is 32.0 Å². The summed E-state index contributed by atoms with van der Waals surface area (Å²) in [7, 11) is 1.58. The molecule has 7 nitrogen and oxygen atoms in total. The van der Waals surface area contributed by atoms with Crippen LogP contribution in [-0.4, -0.2) is 34.9 Å². The molecule has 0 saturated carbocycles. The number of nitrogens with zero attached hydrogens (tertiary/aromatic N) is 1. The Morgan fingerprint density at radius 1 is 1.36 bits per heavy atom. The second-order valence-corrected chi connectivity index (χ2v) is 6.80. The number of aryl methyl sites for hydroxylation is 1. The van der Waals surface area contributed by atoms with Gasteiger partial charge in [0.15, 0.2) is 5.13 Å². The fraction of sp³-hybridized carbons (Fsp3) is 0.235. The van der Waals surface area contributed by atoms with Gasteiger partial charge in [-0.15, -0.1) is 11.3 Å². The molecule has 0 aliphatic heterocycles. The first kappa shape index (κ1) is 17.0. The number of aromatic nitrogens is 2. The molecule has 0 aliphatic rings. The molecule has 0 radical (unpaired) electrons. The van der Waals surface area contributed by atoms with E-state index in [2.05, 4.69) is 20.6 Å². The first-order valence-corrected chi connectivity index (χ1v) is 8.49. The summed E-state index contributed by atoms with van der Waals surface area (Å²) < 4.78 is 5.29. The normalized spacial score (nSPS) is 12.0. The SMILES string of the molecule is COc1cccc2[nH]c(C(=O)N[C@H](C)C(=O)Nc3ncc(C)s3)cc12. The third-order valence-corrected chi connectivity index (χ3v) is 4.51. The van der Waals surface area contributed by atoms with E-state index in [1.165, 1.54) is 11.3 Å². The smallest absolute Gasteiger partial charge is 0.268 e. The Bertz CT molecular complexity index is 931. The van der Waals surface area contributed by atoms with Gasteiger partial charge < -0.3 is 20.4 Å². The van der Waals surface area contributed by atoms with Crippen LogP contribution < -0.4 is 15.4 Å². The number of aromatic amines is 1. The molecule has 0 spiro atoms. The number of methoxy groups -OCH3 is 1. The summed E-state index contributed by atoms with van der Waals surface area (Å²) in [5, 5.41) is 6.69. The quantitative estimate of drug-likeness (QED) is 0.653. The third kappa shape index (κ3) is 3.63. The van der Waals surface area contributed by atoms with E-state index in [1.807, 2.05) is 25.1 Å². The van der Waals surface area contributed by atoms with Crippen molar-refractivity contribution < 1.29 is 14.3 Å². The van der Waals surface area contributed by atoms with Crippen LogP contribution in [0.3, 0.4) is 0 Å². The molecule has 0 aliphatic carbocycles. The van der Waals surface area contributed by atoms with Crippen LogP contribution >= 0.6 is 11.3 Å². The van der Waals surface area contributed by atoms with Crippen LogP contribution in [0.25, 0.3) is 10.9 Å². The summed E-state index contributed by atoms with van der Waals surface area (Å²) in [5.41, 5.74) is 1.16. The number of H-pyrrole nitrogens is 1. The lowest BCUT2D eigenvalue weighted by molar-refractivity contribution is -0.117. The van der Waals surface area contributed by atoms with Crippen LogP contribution in [0.15, 0.2) is 30.5 Å². The molecule has 0 unspecified atom stereocenters. The monoisotopic (exact) mass is 358 g/mol. The van der Waals surface area contributed by atoms with Gasteiger partial charge in [0.1, 0.15) is 17.5 Å². The molecular formula is C17H18N4O3S. The van der Waals surface area contributed by atoms with Crippen molar-refractivity contribution in [2.45, 2.75) is 19.9 Å². The number of hydrogen-bond acceptors (Lipinski definition) is 5. The van der Waals surface area contributed by atoms with Crippen molar-refractivity contribution in [1.29, 1.82) is 0 Å². The Kier molecular flexibility index (Phi) is 4.71. The zero-order chi connectivity index (χ0) is 18.0. The highest BCUT2D eigenvalue weighted by Crippen LogP contribution is 2.26. The van der Waals surface area contributed by atoms with Gasteiger partial charge >= 0.3 is 0 Å². The summed E-state index contributed by atoms with van der Waals surface area (Å²) >= 11 is 1.38. The van der Waals surface area contributed by atoms with Gasteiger partial charge in [0.2, 0.25) is 5.91 Å². The summed E-state index contributed by atoms with van der Waals surface area (Å²) in [6, 6.07) is 6.52. The number of benzene rings is 1. The van der Waals surface area contributed by atoms with Gasteiger partial charge in [0, 0.05) is 22.0 Å². The van der Waals surface area contributed by atoms with E-state index < -0.39 is 6.04 Å². The van der Waals surface area contributed by atoms with Crippen molar-refractivity contribution in [1.82, 2.24) is 15.3 Å². The second kappa shape index (κ2) is 6.94. The maximum absolute atomic E-state index is 12.4. The number of fused-ring (bicyclic) bond motifs is 1. The van der Waals surface area contributed by atoms with Gasteiger partial charge in [-0.25, -0.2) is 4.98 Å². The third-order valence-electron chi connectivity index (χ3n) is 3.68. The zero-order valence-electron chi connectivity index (χ0n) is 14.0. The molecular weight excluding hydrogens is 340 g/mol. The molecule has 2 heterocycles. The van der Waals surface area contributed by atoms with Gasteiger partial charge in [0.25, 0.3) is 5.91 Å². The van der Waals surface area contributed by atoms with E-state index in [1.54, 1.807) is 26.3 Å². The molecule has 1 atom stereocenters. The molecule has 130 valence electrons. The summed E-state index contributed by atoms with van der Waals surface area (Å²) in [4.78, 5) is 32.7. The fourth-order valence-corrected chi connectivity index (χ4v) is 3.06. The highest BCUT2D eigenvalue weighted by Gasteiger charge is 2.19. The average molecular weight is 358 g/mol. The number of rotatable bonds is 5. The number of nitrogens with one attached hydrogen (secondary N) is 3. The Morgan fingerprint density at radius 2 is 2.16 bits per heavy atom. The first-order valence-electron chi connectivity index (χ1n) is 7.68. The summed E-state index contributed by atoms with van der Waals surface area (Å²) in [6.45, 7) is 3.53. The Balaban J connectivity index is 1.70. The number of thiazole rings is 1. The average Bonchev–Trinajstić information content (AvgIpc) is 3.20. The largest absolute Gasteiger partial charge is 0.496 e. The van der Waals surface area contributed by atoms with Crippen molar-refractivity contribution in [3.63, 3.8) is 0 Å². The molecule has 25 heavy (non-hydrogen) atoms. The van der Waals surface area contributed by atoms with E-state index in [4.69, 9.17) is 4.74 Å². The van der Waals surface area contributed by atoms with Gasteiger partial charge in [-0.1, -0.05) is 6.07 Å². The second-order valence-electron chi connectivity index (χ2n) is 5.56. The molecule has 3 rings (SSSR count). The maximum Gasteiger partial charge on any atom is 0.268 e. The molecule has 2 aromatic heterocycles. The lowest BCUT2D eigenvalue weighted by Crippen LogP contribution is -2.41. The number of carbonyl (C=O) groups excluding carboxylic acids is 2. The van der Waals surface area contributed by atoms with Crippen LogP contribution in [-0.2, 0) is 4.79 Å². The standard InChI is InChI=1S/C17H18N4O3S/c1-9-8-18-17(25-9)21-15(22)10(2)19-16(23)13-7-11-12(20-13)5-4-6-14(11)24-3/h4-8,10,20H,1-3H3,(H,19,23)(H,18,21,22)/t10-/m1/s1. The number of amides is 2. The molecule has 3 N–H and O–H groups in total. The van der Waals surface area contributed by atoms with Crippen molar-refractivity contribution in [2.75, 3.05) is 12.4 Å². The Labute approximate surface area is 148 Å². The molecule has 2 amide bonds. The van der Waals surface area contributed by atoms with Gasteiger partial charge in [-0.3, -0.25) is 9.59 Å². The molecule has 0 fully saturated rings. The van der Waals surface area contributed by atoms with Gasteiger partial charge in [0.05, 0.1) is 7.11 Å². The topological polar surface area (TPSA) is 96.1 Å². The fourth-order valence-electron chi connectivity index (χ4n) is 2.39. The van der Waals surface area contributed by atoms with E-state index in [0.29, 0.717) is 16.6 Å². The predicted molar refractivity (Wildman–Crippen MR) is 97.3 cm³/mol. The number of hydrogen-bond donors (Lipinski definition) is 3. The first-order chi connectivity index (χ1) is 12.0. The lowest BCUT2D eigenvalue weighted by Gasteiger charge is -2.12. The molecule has 1 aromatic carbocycles. The lowest BCUT2D eigenvalue weighted by atomic mass is 10.2. The van der Waals surface area contributed by atoms with Crippen LogP contribution in [0.2, 0.25) is 0 Å². The predicted octanol–water partition coefficient (Wildman–Crippen LogP) is 2.70. The van der Waals surface area contributed by atoms with Crippen LogP contribution in [0.5, 0.6) is 5.75 Å². The van der Waals surface area contributed by atoms with Gasteiger partial charge in [-0.2, -0.15) is 0 Å². The molecule has 3 aromatic rings. The van der Waals surface area contributed by atoms with Crippen LogP contribution in [0.4, 0.5) is 5.13 Å². The number of carbonyl (C=O) groups is 2. The van der Waals surface area contributed by atoms with E-state index in [-0.39, 0.29) is 11.8 Å². The van der Waals surface area contributed by atoms with Crippen LogP contribution in [0.1, 0.15) is 22.3 Å². The van der Waals surface area contributed by atoms with Crippen molar-refractivity contribution in [2.24, 2.45) is 0 Å². The number of ether oxygens (including phenoxy) is 1. The minimum atomic E-state index is -0.704. The van der Waals surface area contributed by atoms with Crippen molar-refractivity contribution >= 4 is 39.2 Å². The minimum Gasteiger partial charge on any atom is -0.496 e.